The molecule has 0 rings (SSSR count). The van der Waals surface area contributed by atoms with Crippen molar-refractivity contribution in [3.63, 3.8) is 0 Å². The summed E-state index contributed by atoms with van der Waals surface area (Å²) in [6, 6.07) is 0. The van der Waals surface area contributed by atoms with Crippen LogP contribution in [0, 0.1) is 0 Å². The number of carbonyl (C=O) groups excluding carboxylic acids is 1. The molecule has 0 heterocycles. The van der Waals surface area contributed by atoms with Crippen LogP contribution in [0.1, 0.15) is 46.0 Å². The standard InChI is InChI=1S/C12H20O4/c1-4-5-6-7-8-10(11(13)14)16-12(15)9(2)3/h10H,2,4-8H2,1,3H3,(H,13,14). The zero-order valence-electron chi connectivity index (χ0n) is 9.99. The second kappa shape index (κ2) is 7.91. The van der Waals surface area contributed by atoms with Gasteiger partial charge in [-0.3, -0.25) is 0 Å². The van der Waals surface area contributed by atoms with Gasteiger partial charge in [0.1, 0.15) is 0 Å². The molecule has 0 aliphatic carbocycles. The third kappa shape index (κ3) is 6.22. The number of rotatable bonds is 8. The minimum absolute atomic E-state index is 0.222. The lowest BCUT2D eigenvalue weighted by molar-refractivity contribution is -0.161. The zero-order valence-corrected chi connectivity index (χ0v) is 9.99. The molecule has 1 N–H and O–H groups in total. The molecule has 1 unspecified atom stereocenters. The van der Waals surface area contributed by atoms with Crippen LogP contribution in [-0.4, -0.2) is 23.1 Å². The van der Waals surface area contributed by atoms with Gasteiger partial charge in [0, 0.05) is 5.57 Å². The molecule has 4 nitrogen and oxygen atoms in total. The number of esters is 1. The Kier molecular flexibility index (Phi) is 7.25. The van der Waals surface area contributed by atoms with Gasteiger partial charge in [0.15, 0.2) is 6.10 Å². The Labute approximate surface area is 96.3 Å². The Balaban J connectivity index is 4.03. The minimum atomic E-state index is -1.09. The number of hydrogen-bond donors (Lipinski definition) is 1. The van der Waals surface area contributed by atoms with E-state index in [2.05, 4.69) is 13.5 Å². The van der Waals surface area contributed by atoms with Crippen LogP contribution < -0.4 is 0 Å². The van der Waals surface area contributed by atoms with Crippen molar-refractivity contribution in [3.05, 3.63) is 12.2 Å². The summed E-state index contributed by atoms with van der Waals surface area (Å²) in [5.74, 6) is -1.73. The maximum Gasteiger partial charge on any atom is 0.345 e. The van der Waals surface area contributed by atoms with Crippen LogP contribution in [0.15, 0.2) is 12.2 Å². The fourth-order valence-electron chi connectivity index (χ4n) is 1.22. The first-order valence-electron chi connectivity index (χ1n) is 5.58. The highest BCUT2D eigenvalue weighted by molar-refractivity contribution is 5.89. The fraction of sp³-hybridized carbons (Fsp3) is 0.667. The fourth-order valence-corrected chi connectivity index (χ4v) is 1.22. The summed E-state index contributed by atoms with van der Waals surface area (Å²) >= 11 is 0. The van der Waals surface area contributed by atoms with Crippen molar-refractivity contribution >= 4 is 11.9 Å². The molecular formula is C12H20O4. The normalized spacial score (nSPS) is 11.9. The van der Waals surface area contributed by atoms with E-state index in [1.807, 2.05) is 0 Å². The lowest BCUT2D eigenvalue weighted by atomic mass is 10.1. The lowest BCUT2D eigenvalue weighted by Crippen LogP contribution is -2.27. The summed E-state index contributed by atoms with van der Waals surface area (Å²) in [5, 5.41) is 8.85. The molecule has 0 amide bonds. The molecule has 4 heteroatoms. The van der Waals surface area contributed by atoms with E-state index in [1.54, 1.807) is 0 Å². The maximum absolute atomic E-state index is 11.2. The van der Waals surface area contributed by atoms with Crippen LogP contribution in [0.3, 0.4) is 0 Å². The molecule has 16 heavy (non-hydrogen) atoms. The Morgan fingerprint density at radius 3 is 2.38 bits per heavy atom. The highest BCUT2D eigenvalue weighted by Crippen LogP contribution is 2.10. The molecular weight excluding hydrogens is 208 g/mol. The molecule has 0 aromatic rings. The second-order valence-electron chi connectivity index (χ2n) is 3.86. The number of carboxylic acid groups (broad SMARTS) is 1. The molecule has 0 bridgehead atoms. The third-order valence-electron chi connectivity index (χ3n) is 2.19. The van der Waals surface area contributed by atoms with Crippen LogP contribution in [0.5, 0.6) is 0 Å². The van der Waals surface area contributed by atoms with Crippen LogP contribution in [0.2, 0.25) is 0 Å². The first kappa shape index (κ1) is 14.7. The van der Waals surface area contributed by atoms with Gasteiger partial charge in [-0.25, -0.2) is 9.59 Å². The predicted molar refractivity (Wildman–Crippen MR) is 61.1 cm³/mol. The summed E-state index contributed by atoms with van der Waals surface area (Å²) < 4.78 is 4.82. The summed E-state index contributed by atoms with van der Waals surface area (Å²) in [4.78, 5) is 22.0. The quantitative estimate of drug-likeness (QED) is 0.394. The first-order valence-corrected chi connectivity index (χ1v) is 5.58. The molecule has 0 aliphatic rings. The van der Waals surface area contributed by atoms with E-state index in [9.17, 15) is 9.59 Å². The number of unbranched alkanes of at least 4 members (excludes halogenated alkanes) is 3. The van der Waals surface area contributed by atoms with Crippen molar-refractivity contribution in [2.24, 2.45) is 0 Å². The Hall–Kier alpha value is -1.32. The molecule has 1 atom stereocenters. The molecule has 0 aromatic heterocycles. The van der Waals surface area contributed by atoms with E-state index in [1.165, 1.54) is 6.92 Å². The Bertz CT molecular complexity index is 258. The largest absolute Gasteiger partial charge is 0.479 e. The van der Waals surface area contributed by atoms with Crippen LogP contribution in [-0.2, 0) is 14.3 Å². The van der Waals surface area contributed by atoms with Gasteiger partial charge < -0.3 is 9.84 Å². The van der Waals surface area contributed by atoms with Crippen LogP contribution in [0.25, 0.3) is 0 Å². The van der Waals surface area contributed by atoms with Gasteiger partial charge in [-0.2, -0.15) is 0 Å². The Morgan fingerprint density at radius 1 is 1.31 bits per heavy atom. The summed E-state index contributed by atoms with van der Waals surface area (Å²) in [6.45, 7) is 6.99. The van der Waals surface area contributed by atoms with Crippen molar-refractivity contribution in [1.29, 1.82) is 0 Å². The minimum Gasteiger partial charge on any atom is -0.479 e. The van der Waals surface area contributed by atoms with Crippen molar-refractivity contribution in [3.8, 4) is 0 Å². The van der Waals surface area contributed by atoms with Gasteiger partial charge in [-0.15, -0.1) is 0 Å². The van der Waals surface area contributed by atoms with Gasteiger partial charge >= 0.3 is 11.9 Å². The summed E-state index contributed by atoms with van der Waals surface area (Å²) in [6.07, 6.45) is 3.21. The summed E-state index contributed by atoms with van der Waals surface area (Å²) in [7, 11) is 0. The molecule has 0 fully saturated rings. The highest BCUT2D eigenvalue weighted by atomic mass is 16.6. The molecule has 0 saturated heterocycles. The summed E-state index contributed by atoms with van der Waals surface area (Å²) in [5.41, 5.74) is 0.222. The van der Waals surface area contributed by atoms with Crippen molar-refractivity contribution in [2.75, 3.05) is 0 Å². The molecule has 0 aromatic carbocycles. The smallest absolute Gasteiger partial charge is 0.345 e. The van der Waals surface area contributed by atoms with Gasteiger partial charge in [0.05, 0.1) is 0 Å². The van der Waals surface area contributed by atoms with E-state index >= 15 is 0 Å². The van der Waals surface area contributed by atoms with Crippen LogP contribution in [0.4, 0.5) is 0 Å². The maximum atomic E-state index is 11.2. The number of hydrogen-bond acceptors (Lipinski definition) is 3. The van der Waals surface area contributed by atoms with Gasteiger partial charge in [0.2, 0.25) is 0 Å². The van der Waals surface area contributed by atoms with Crippen molar-refractivity contribution < 1.29 is 19.4 Å². The lowest BCUT2D eigenvalue weighted by Gasteiger charge is -2.13. The molecule has 0 radical (unpaired) electrons. The zero-order chi connectivity index (χ0) is 12.6. The molecule has 0 aliphatic heterocycles. The molecule has 92 valence electrons. The van der Waals surface area contributed by atoms with E-state index in [4.69, 9.17) is 9.84 Å². The Morgan fingerprint density at radius 2 is 1.94 bits per heavy atom. The van der Waals surface area contributed by atoms with Crippen molar-refractivity contribution in [2.45, 2.75) is 52.1 Å². The van der Waals surface area contributed by atoms with E-state index in [0.29, 0.717) is 6.42 Å². The second-order valence-corrected chi connectivity index (χ2v) is 3.86. The van der Waals surface area contributed by atoms with Gasteiger partial charge in [-0.05, 0) is 19.8 Å². The topological polar surface area (TPSA) is 63.6 Å². The monoisotopic (exact) mass is 228 g/mol. The predicted octanol–water partition coefficient (Wildman–Crippen LogP) is 2.53. The highest BCUT2D eigenvalue weighted by Gasteiger charge is 2.21. The average molecular weight is 228 g/mol. The van der Waals surface area contributed by atoms with Gasteiger partial charge in [0.25, 0.3) is 0 Å². The van der Waals surface area contributed by atoms with Crippen LogP contribution >= 0.6 is 0 Å². The third-order valence-corrected chi connectivity index (χ3v) is 2.19. The van der Waals surface area contributed by atoms with E-state index in [0.717, 1.165) is 25.7 Å². The number of carboxylic acids is 1. The van der Waals surface area contributed by atoms with Crippen molar-refractivity contribution in [1.82, 2.24) is 0 Å². The van der Waals surface area contributed by atoms with Gasteiger partial charge in [-0.1, -0.05) is 32.8 Å². The first-order chi connectivity index (χ1) is 7.49. The average Bonchev–Trinajstić information content (AvgIpc) is 2.21. The number of ether oxygens (including phenoxy) is 1. The number of aliphatic carboxylic acids is 1. The SMILES string of the molecule is C=C(C)C(=O)OC(CCCCCC)C(=O)O. The van der Waals surface area contributed by atoms with E-state index < -0.39 is 18.0 Å². The molecule has 0 spiro atoms. The van der Waals surface area contributed by atoms with E-state index in [-0.39, 0.29) is 5.57 Å². The molecule has 0 saturated carbocycles. The number of carbonyl (C=O) groups is 2.